The Bertz CT molecular complexity index is 954. The van der Waals surface area contributed by atoms with E-state index in [4.69, 9.17) is 16.3 Å². The van der Waals surface area contributed by atoms with E-state index in [0.29, 0.717) is 10.1 Å². The van der Waals surface area contributed by atoms with Crippen LogP contribution in [0.1, 0.15) is 18.1 Å². The fraction of sp³-hybridized carbons (Fsp3) is 0.238. The molecule has 0 bridgehead atoms. The van der Waals surface area contributed by atoms with Gasteiger partial charge in [-0.15, -0.1) is 0 Å². The van der Waals surface area contributed by atoms with Crippen molar-refractivity contribution in [3.63, 3.8) is 0 Å². The van der Waals surface area contributed by atoms with E-state index in [9.17, 15) is 0 Å². The molecule has 3 rings (SSSR count). The van der Waals surface area contributed by atoms with Gasteiger partial charge in [0, 0.05) is 30.7 Å². The third-order valence-electron chi connectivity index (χ3n) is 4.24. The fourth-order valence-corrected chi connectivity index (χ4v) is 3.49. The average molecular weight is 400 g/mol. The van der Waals surface area contributed by atoms with Crippen molar-refractivity contribution in [1.29, 1.82) is 0 Å². The first-order chi connectivity index (χ1) is 13.0. The maximum Gasteiger partial charge on any atom is 0.219 e. The van der Waals surface area contributed by atoms with E-state index in [1.165, 1.54) is 11.5 Å². The van der Waals surface area contributed by atoms with Gasteiger partial charge < -0.3 is 9.64 Å². The summed E-state index contributed by atoms with van der Waals surface area (Å²) in [5.74, 6) is 0.764. The van der Waals surface area contributed by atoms with Gasteiger partial charge in [-0.3, -0.25) is 0 Å². The zero-order valence-electron chi connectivity index (χ0n) is 15.9. The molecule has 0 radical (unpaired) electrons. The highest BCUT2D eigenvalue weighted by molar-refractivity contribution is 7.08. The Labute approximate surface area is 169 Å². The predicted octanol–water partition coefficient (Wildman–Crippen LogP) is 6.48. The minimum atomic E-state index is 0.537. The number of aryl methyl sites for hydroxylation is 2. The molecular weight excluding hydrogens is 378 g/mol. The second kappa shape index (κ2) is 8.55. The van der Waals surface area contributed by atoms with Crippen LogP contribution < -0.4 is 4.74 Å². The Hall–Kier alpha value is -2.37. The molecule has 0 unspecified atom stereocenters. The SMILES string of the molecule is CCN(C)/C=N/c1cc(C)c(Oc2snc(-c3ccccc3)c2Cl)cc1C. The molecular formula is C21H22ClN3OS. The molecule has 0 spiro atoms. The van der Waals surface area contributed by atoms with Crippen LogP contribution in [0.25, 0.3) is 11.3 Å². The van der Waals surface area contributed by atoms with Crippen LogP contribution in [0.5, 0.6) is 10.8 Å². The van der Waals surface area contributed by atoms with E-state index in [-0.39, 0.29) is 0 Å². The Morgan fingerprint density at radius 1 is 1.19 bits per heavy atom. The van der Waals surface area contributed by atoms with Gasteiger partial charge >= 0.3 is 0 Å². The van der Waals surface area contributed by atoms with Gasteiger partial charge in [0.1, 0.15) is 16.5 Å². The number of nitrogens with zero attached hydrogens (tertiary/aromatic N) is 3. The minimum absolute atomic E-state index is 0.537. The molecule has 0 fully saturated rings. The summed E-state index contributed by atoms with van der Waals surface area (Å²) in [6, 6.07) is 13.9. The molecule has 1 aromatic heterocycles. The Morgan fingerprint density at radius 3 is 2.63 bits per heavy atom. The number of aromatic nitrogens is 1. The number of ether oxygens (including phenoxy) is 1. The number of rotatable bonds is 6. The summed E-state index contributed by atoms with van der Waals surface area (Å²) in [5, 5.41) is 1.13. The highest BCUT2D eigenvalue weighted by Gasteiger charge is 2.16. The fourth-order valence-electron chi connectivity index (χ4n) is 2.47. The van der Waals surface area contributed by atoms with Crippen LogP contribution in [0.2, 0.25) is 5.02 Å². The van der Waals surface area contributed by atoms with Crippen molar-refractivity contribution >= 4 is 35.2 Å². The zero-order valence-corrected chi connectivity index (χ0v) is 17.4. The highest BCUT2D eigenvalue weighted by atomic mass is 35.5. The molecule has 0 saturated carbocycles. The topological polar surface area (TPSA) is 37.7 Å². The second-order valence-electron chi connectivity index (χ2n) is 6.32. The normalized spacial score (nSPS) is 11.1. The molecule has 140 valence electrons. The number of aliphatic imine (C=N–C) groups is 1. The van der Waals surface area contributed by atoms with E-state index < -0.39 is 0 Å². The molecule has 4 nitrogen and oxygen atoms in total. The van der Waals surface area contributed by atoms with Crippen molar-refractivity contribution in [2.45, 2.75) is 20.8 Å². The first kappa shape index (κ1) is 19.4. The van der Waals surface area contributed by atoms with Crippen molar-refractivity contribution < 1.29 is 4.74 Å². The third-order valence-corrected chi connectivity index (χ3v) is 5.43. The Morgan fingerprint density at radius 2 is 1.93 bits per heavy atom. The molecule has 0 aliphatic carbocycles. The monoisotopic (exact) mass is 399 g/mol. The first-order valence-electron chi connectivity index (χ1n) is 8.73. The first-order valence-corrected chi connectivity index (χ1v) is 9.88. The van der Waals surface area contributed by atoms with Crippen LogP contribution in [-0.4, -0.2) is 29.2 Å². The van der Waals surface area contributed by atoms with Gasteiger partial charge in [0.05, 0.1) is 12.0 Å². The molecule has 2 aromatic carbocycles. The predicted molar refractivity (Wildman–Crippen MR) is 115 cm³/mol. The minimum Gasteiger partial charge on any atom is -0.443 e. The lowest BCUT2D eigenvalue weighted by atomic mass is 10.1. The van der Waals surface area contributed by atoms with Crippen molar-refractivity contribution in [2.24, 2.45) is 4.99 Å². The van der Waals surface area contributed by atoms with Crippen molar-refractivity contribution in [1.82, 2.24) is 9.27 Å². The smallest absolute Gasteiger partial charge is 0.219 e. The maximum atomic E-state index is 6.53. The quantitative estimate of drug-likeness (QED) is 0.351. The number of hydrogen-bond donors (Lipinski definition) is 0. The van der Waals surface area contributed by atoms with Crippen molar-refractivity contribution in [3.05, 3.63) is 58.6 Å². The summed E-state index contributed by atoms with van der Waals surface area (Å²) in [4.78, 5) is 6.59. The summed E-state index contributed by atoms with van der Waals surface area (Å²) in [6.07, 6.45) is 1.84. The van der Waals surface area contributed by atoms with Crippen molar-refractivity contribution in [3.8, 4) is 22.1 Å². The molecule has 27 heavy (non-hydrogen) atoms. The summed E-state index contributed by atoms with van der Waals surface area (Å²) in [7, 11) is 2.00. The Balaban J connectivity index is 1.85. The summed E-state index contributed by atoms with van der Waals surface area (Å²) in [5.41, 5.74) is 4.69. The van der Waals surface area contributed by atoms with E-state index in [2.05, 4.69) is 16.3 Å². The van der Waals surface area contributed by atoms with E-state index in [1.807, 2.05) is 74.6 Å². The standard InChI is InChI=1S/C21H22ClN3OS/c1-5-25(4)13-23-17-11-15(3)18(12-14(17)2)26-21-19(22)20(24-27-21)16-9-7-6-8-10-16/h6-13H,5H2,1-4H3/b23-13+. The van der Waals surface area contributed by atoms with Gasteiger partial charge in [-0.1, -0.05) is 41.9 Å². The van der Waals surface area contributed by atoms with Crippen LogP contribution in [0, 0.1) is 13.8 Å². The summed E-state index contributed by atoms with van der Waals surface area (Å²) >= 11 is 7.79. The molecule has 0 N–H and O–H groups in total. The molecule has 0 atom stereocenters. The maximum absolute atomic E-state index is 6.53. The number of hydrogen-bond acceptors (Lipinski definition) is 4. The van der Waals surface area contributed by atoms with Gasteiger partial charge in [0.15, 0.2) is 0 Å². The molecule has 1 heterocycles. The summed E-state index contributed by atoms with van der Waals surface area (Å²) < 4.78 is 10.6. The Kier molecular flexibility index (Phi) is 6.14. The number of halogens is 1. The zero-order chi connectivity index (χ0) is 19.4. The lowest BCUT2D eigenvalue weighted by Gasteiger charge is -2.12. The van der Waals surface area contributed by atoms with Gasteiger partial charge in [-0.05, 0) is 44.0 Å². The van der Waals surface area contributed by atoms with E-state index in [0.717, 1.165) is 40.4 Å². The molecule has 0 aliphatic rings. The molecule has 0 amide bonds. The third kappa shape index (κ3) is 4.49. The van der Waals surface area contributed by atoms with Crippen LogP contribution in [-0.2, 0) is 0 Å². The van der Waals surface area contributed by atoms with Crippen LogP contribution in [0.15, 0.2) is 47.5 Å². The molecule has 0 saturated heterocycles. The number of benzene rings is 2. The summed E-state index contributed by atoms with van der Waals surface area (Å²) in [6.45, 7) is 7.03. The average Bonchev–Trinajstić information content (AvgIpc) is 3.04. The lowest BCUT2D eigenvalue weighted by molar-refractivity contribution is 0.492. The van der Waals surface area contributed by atoms with Crippen molar-refractivity contribution in [2.75, 3.05) is 13.6 Å². The molecule has 3 aromatic rings. The lowest BCUT2D eigenvalue weighted by Crippen LogP contribution is -2.14. The van der Waals surface area contributed by atoms with Crippen LogP contribution >= 0.6 is 23.1 Å². The van der Waals surface area contributed by atoms with Crippen LogP contribution in [0.4, 0.5) is 5.69 Å². The van der Waals surface area contributed by atoms with E-state index >= 15 is 0 Å². The molecule has 6 heteroatoms. The second-order valence-corrected chi connectivity index (χ2v) is 7.44. The van der Waals surface area contributed by atoms with Gasteiger partial charge in [0.2, 0.25) is 5.06 Å². The van der Waals surface area contributed by atoms with E-state index in [1.54, 1.807) is 0 Å². The molecule has 0 aliphatic heterocycles. The van der Waals surface area contributed by atoms with Gasteiger partial charge in [0.25, 0.3) is 0 Å². The van der Waals surface area contributed by atoms with Crippen LogP contribution in [0.3, 0.4) is 0 Å². The van der Waals surface area contributed by atoms with Gasteiger partial charge in [-0.2, -0.15) is 4.37 Å². The highest BCUT2D eigenvalue weighted by Crippen LogP contribution is 2.42. The van der Waals surface area contributed by atoms with Gasteiger partial charge in [-0.25, -0.2) is 4.99 Å². The largest absolute Gasteiger partial charge is 0.443 e.